The normalized spacial score (nSPS) is 17.3. The van der Waals surface area contributed by atoms with Crippen LogP contribution in [0, 0.1) is 5.92 Å². The van der Waals surface area contributed by atoms with E-state index in [0.29, 0.717) is 24.6 Å². The van der Waals surface area contributed by atoms with Crippen molar-refractivity contribution in [2.24, 2.45) is 10.9 Å². The molecule has 0 bridgehead atoms. The van der Waals surface area contributed by atoms with Gasteiger partial charge in [0.25, 0.3) is 5.91 Å². The Labute approximate surface area is 155 Å². The standard InChI is InChI=1S/C19H30N4O3/c1-4-20-19(23-12-9-15(13-23)14-25-2)22-11-10-21-18(24)16-5-7-17(26-3)8-6-16/h5-8,15H,4,9-14H2,1-3H3,(H,20,22)(H,21,24). The lowest BCUT2D eigenvalue weighted by Crippen LogP contribution is -2.40. The second kappa shape index (κ2) is 10.7. The summed E-state index contributed by atoms with van der Waals surface area (Å²) in [5.74, 6) is 2.09. The first kappa shape index (κ1) is 20.0. The third-order valence-electron chi connectivity index (χ3n) is 4.33. The Morgan fingerprint density at radius 2 is 2.04 bits per heavy atom. The van der Waals surface area contributed by atoms with E-state index >= 15 is 0 Å². The number of nitrogens with one attached hydrogen (secondary N) is 2. The molecule has 2 rings (SSSR count). The topological polar surface area (TPSA) is 75.2 Å². The summed E-state index contributed by atoms with van der Waals surface area (Å²) in [6.45, 7) is 6.64. The molecule has 7 nitrogen and oxygen atoms in total. The first-order chi connectivity index (χ1) is 12.7. The van der Waals surface area contributed by atoms with Crippen LogP contribution in [0.1, 0.15) is 23.7 Å². The molecule has 1 aromatic carbocycles. The zero-order valence-corrected chi connectivity index (χ0v) is 16.0. The van der Waals surface area contributed by atoms with Crippen molar-refractivity contribution in [1.29, 1.82) is 0 Å². The number of rotatable bonds is 8. The maximum Gasteiger partial charge on any atom is 0.251 e. The summed E-state index contributed by atoms with van der Waals surface area (Å²) in [5, 5.41) is 6.23. The molecule has 0 spiro atoms. The summed E-state index contributed by atoms with van der Waals surface area (Å²) in [7, 11) is 3.35. The van der Waals surface area contributed by atoms with E-state index in [2.05, 4.69) is 27.4 Å². The number of benzene rings is 1. The molecule has 0 saturated carbocycles. The third-order valence-corrected chi connectivity index (χ3v) is 4.33. The van der Waals surface area contributed by atoms with Crippen molar-refractivity contribution >= 4 is 11.9 Å². The van der Waals surface area contributed by atoms with Gasteiger partial charge in [-0.3, -0.25) is 9.79 Å². The highest BCUT2D eigenvalue weighted by atomic mass is 16.5. The Balaban J connectivity index is 1.81. The molecular formula is C19H30N4O3. The van der Waals surface area contributed by atoms with Crippen molar-refractivity contribution in [2.75, 3.05) is 53.6 Å². The first-order valence-electron chi connectivity index (χ1n) is 9.12. The number of hydrogen-bond acceptors (Lipinski definition) is 4. The van der Waals surface area contributed by atoms with Crippen molar-refractivity contribution in [3.05, 3.63) is 29.8 Å². The van der Waals surface area contributed by atoms with E-state index in [1.54, 1.807) is 38.5 Å². The smallest absolute Gasteiger partial charge is 0.251 e. The van der Waals surface area contributed by atoms with Crippen molar-refractivity contribution in [2.45, 2.75) is 13.3 Å². The maximum absolute atomic E-state index is 12.1. The first-order valence-corrected chi connectivity index (χ1v) is 9.12. The summed E-state index contributed by atoms with van der Waals surface area (Å²) in [6.07, 6.45) is 1.12. The highest BCUT2D eigenvalue weighted by Crippen LogP contribution is 2.16. The number of ether oxygens (including phenoxy) is 2. The van der Waals surface area contributed by atoms with Crippen LogP contribution in [-0.2, 0) is 4.74 Å². The molecule has 0 aliphatic carbocycles. The zero-order chi connectivity index (χ0) is 18.8. The Kier molecular flexibility index (Phi) is 8.21. The van der Waals surface area contributed by atoms with Gasteiger partial charge in [-0.2, -0.15) is 0 Å². The van der Waals surface area contributed by atoms with Crippen LogP contribution in [0.4, 0.5) is 0 Å². The molecule has 1 saturated heterocycles. The molecule has 144 valence electrons. The predicted molar refractivity (Wildman–Crippen MR) is 103 cm³/mol. The summed E-state index contributed by atoms with van der Waals surface area (Å²) < 4.78 is 10.4. The number of likely N-dealkylation sites (tertiary alicyclic amines) is 1. The van der Waals surface area contributed by atoms with Crippen LogP contribution in [-0.4, -0.2) is 70.3 Å². The van der Waals surface area contributed by atoms with Gasteiger partial charge >= 0.3 is 0 Å². The fourth-order valence-corrected chi connectivity index (χ4v) is 3.00. The zero-order valence-electron chi connectivity index (χ0n) is 16.0. The van der Waals surface area contributed by atoms with Gasteiger partial charge in [-0.05, 0) is 37.6 Å². The lowest BCUT2D eigenvalue weighted by molar-refractivity contribution is 0.0954. The molecule has 1 atom stereocenters. The van der Waals surface area contributed by atoms with Crippen molar-refractivity contribution < 1.29 is 14.3 Å². The molecule has 1 heterocycles. The second-order valence-corrected chi connectivity index (χ2v) is 6.28. The number of aliphatic imine (C=N–C) groups is 1. The van der Waals surface area contributed by atoms with Gasteiger partial charge in [0.1, 0.15) is 5.75 Å². The van der Waals surface area contributed by atoms with Gasteiger partial charge in [-0.15, -0.1) is 0 Å². The summed E-state index contributed by atoms with van der Waals surface area (Å²) in [6, 6.07) is 7.06. The van der Waals surface area contributed by atoms with Gasteiger partial charge in [0.05, 0.1) is 20.3 Å². The Morgan fingerprint density at radius 3 is 2.69 bits per heavy atom. The molecule has 0 radical (unpaired) electrons. The number of nitrogens with zero attached hydrogens (tertiary/aromatic N) is 2. The minimum atomic E-state index is -0.103. The van der Waals surface area contributed by atoms with E-state index in [4.69, 9.17) is 9.47 Å². The molecule has 0 aromatic heterocycles. The van der Waals surface area contributed by atoms with Crippen LogP contribution >= 0.6 is 0 Å². The minimum absolute atomic E-state index is 0.103. The summed E-state index contributed by atoms with van der Waals surface area (Å²) in [4.78, 5) is 19.0. The maximum atomic E-state index is 12.1. The summed E-state index contributed by atoms with van der Waals surface area (Å²) >= 11 is 0. The predicted octanol–water partition coefficient (Wildman–Crippen LogP) is 1.36. The lowest BCUT2D eigenvalue weighted by atomic mass is 10.1. The van der Waals surface area contributed by atoms with Crippen LogP contribution in [0.15, 0.2) is 29.3 Å². The van der Waals surface area contributed by atoms with Crippen LogP contribution in [0.25, 0.3) is 0 Å². The molecule has 1 aliphatic rings. The Bertz CT molecular complexity index is 589. The van der Waals surface area contributed by atoms with Crippen LogP contribution in [0.3, 0.4) is 0 Å². The monoisotopic (exact) mass is 362 g/mol. The van der Waals surface area contributed by atoms with Crippen molar-refractivity contribution in [3.63, 3.8) is 0 Å². The van der Waals surface area contributed by atoms with Gasteiger partial charge in [-0.1, -0.05) is 0 Å². The van der Waals surface area contributed by atoms with E-state index < -0.39 is 0 Å². The molecule has 1 aliphatic heterocycles. The van der Waals surface area contributed by atoms with E-state index in [-0.39, 0.29) is 5.91 Å². The number of amides is 1. The van der Waals surface area contributed by atoms with Crippen LogP contribution in [0.2, 0.25) is 0 Å². The minimum Gasteiger partial charge on any atom is -0.497 e. The van der Waals surface area contributed by atoms with E-state index in [1.807, 2.05) is 0 Å². The van der Waals surface area contributed by atoms with Crippen LogP contribution < -0.4 is 15.4 Å². The lowest BCUT2D eigenvalue weighted by Gasteiger charge is -2.21. The summed E-state index contributed by atoms with van der Waals surface area (Å²) in [5.41, 5.74) is 0.614. The molecule has 26 heavy (non-hydrogen) atoms. The number of methoxy groups -OCH3 is 2. The molecule has 7 heteroatoms. The van der Waals surface area contributed by atoms with Gasteiger partial charge in [0, 0.05) is 44.8 Å². The number of carbonyl (C=O) groups is 1. The van der Waals surface area contributed by atoms with Crippen LogP contribution in [0.5, 0.6) is 5.75 Å². The fraction of sp³-hybridized carbons (Fsp3) is 0.579. The average Bonchev–Trinajstić information content (AvgIpc) is 3.13. The number of carbonyl (C=O) groups excluding carboxylic acids is 1. The van der Waals surface area contributed by atoms with Crippen molar-refractivity contribution in [3.8, 4) is 5.75 Å². The fourth-order valence-electron chi connectivity index (χ4n) is 3.00. The molecule has 1 aromatic rings. The van der Waals surface area contributed by atoms with E-state index in [0.717, 1.165) is 44.4 Å². The third kappa shape index (κ3) is 5.91. The SMILES string of the molecule is CCNC(=NCCNC(=O)c1ccc(OC)cc1)N1CCC(COC)C1. The average molecular weight is 362 g/mol. The molecule has 1 amide bonds. The molecular weight excluding hydrogens is 332 g/mol. The number of hydrogen-bond donors (Lipinski definition) is 2. The molecule has 1 fully saturated rings. The van der Waals surface area contributed by atoms with Gasteiger partial charge in [0.15, 0.2) is 5.96 Å². The van der Waals surface area contributed by atoms with Crippen molar-refractivity contribution in [1.82, 2.24) is 15.5 Å². The quantitative estimate of drug-likeness (QED) is 0.415. The largest absolute Gasteiger partial charge is 0.497 e. The Hall–Kier alpha value is -2.28. The highest BCUT2D eigenvalue weighted by molar-refractivity contribution is 5.94. The Morgan fingerprint density at radius 1 is 1.27 bits per heavy atom. The van der Waals surface area contributed by atoms with Gasteiger partial charge in [-0.25, -0.2) is 0 Å². The highest BCUT2D eigenvalue weighted by Gasteiger charge is 2.24. The molecule has 2 N–H and O–H groups in total. The van der Waals surface area contributed by atoms with E-state index in [1.165, 1.54) is 0 Å². The number of guanidine groups is 1. The van der Waals surface area contributed by atoms with Gasteiger partial charge < -0.3 is 25.0 Å². The van der Waals surface area contributed by atoms with Gasteiger partial charge in [0.2, 0.25) is 0 Å². The molecule has 1 unspecified atom stereocenters. The second-order valence-electron chi connectivity index (χ2n) is 6.28. The van der Waals surface area contributed by atoms with E-state index in [9.17, 15) is 4.79 Å².